The first-order valence-electron chi connectivity index (χ1n) is 5.81. The fourth-order valence-corrected chi connectivity index (χ4v) is 7.85. The van der Waals surface area contributed by atoms with Crippen LogP contribution in [0.5, 0.6) is 0 Å². The number of hydrogen-bond donors (Lipinski definition) is 0. The van der Waals surface area contributed by atoms with Gasteiger partial charge < -0.3 is 0 Å². The summed E-state index contributed by atoms with van der Waals surface area (Å²) in [5.74, 6) is 0. The molecule has 90 valence electrons. The van der Waals surface area contributed by atoms with Crippen LogP contribution in [0, 0.1) is 0 Å². The molecule has 0 aromatic carbocycles. The monoisotopic (exact) mass is 348 g/mol. The summed E-state index contributed by atoms with van der Waals surface area (Å²) in [5, 5.41) is 3.56. The van der Waals surface area contributed by atoms with Crippen molar-refractivity contribution < 1.29 is 4.74 Å². The van der Waals surface area contributed by atoms with Gasteiger partial charge in [0, 0.05) is 0 Å². The molecule has 3 nitrogen and oxygen atoms in total. The van der Waals surface area contributed by atoms with Crippen molar-refractivity contribution in [3.63, 3.8) is 0 Å². The van der Waals surface area contributed by atoms with E-state index >= 15 is 0 Å². The summed E-state index contributed by atoms with van der Waals surface area (Å²) < 4.78 is 6.77. The van der Waals surface area contributed by atoms with Gasteiger partial charge in [-0.15, -0.1) is 0 Å². The minimum atomic E-state index is -1.93. The molecule has 0 amide bonds. The van der Waals surface area contributed by atoms with Crippen molar-refractivity contribution in [3.05, 3.63) is 10.4 Å². The molecule has 2 heterocycles. The Hall–Kier alpha value is 0.349. The molecule has 0 radical (unpaired) electrons. The Morgan fingerprint density at radius 2 is 2.06 bits per heavy atom. The summed E-state index contributed by atoms with van der Waals surface area (Å²) in [7, 11) is 0. The third-order valence-corrected chi connectivity index (χ3v) is 9.33. The summed E-state index contributed by atoms with van der Waals surface area (Å²) >= 11 is -0.104. The first kappa shape index (κ1) is 12.8. The van der Waals surface area contributed by atoms with Gasteiger partial charge >= 0.3 is 106 Å². The van der Waals surface area contributed by atoms with E-state index in [2.05, 4.69) is 25.1 Å². The van der Waals surface area contributed by atoms with E-state index in [1.54, 1.807) is 0 Å². The fraction of sp³-hybridized carbons (Fsp3) is 0.727. The number of nitrogens with zero attached hydrogens (tertiary/aromatic N) is 2. The van der Waals surface area contributed by atoms with Gasteiger partial charge in [-0.3, -0.25) is 0 Å². The van der Waals surface area contributed by atoms with Crippen LogP contribution in [-0.2, 0) is 11.3 Å². The van der Waals surface area contributed by atoms with Crippen LogP contribution in [0.2, 0.25) is 14.8 Å². The summed E-state index contributed by atoms with van der Waals surface area (Å²) in [5.41, 5.74) is 0. The summed E-state index contributed by atoms with van der Waals surface area (Å²) in [4.78, 5) is 14.5. The maximum absolute atomic E-state index is 5.35. The van der Waals surface area contributed by atoms with Crippen LogP contribution in [0.25, 0.3) is 0 Å². The van der Waals surface area contributed by atoms with Crippen LogP contribution in [0.1, 0.15) is 5.01 Å². The number of thiazole rings is 1. The quantitative estimate of drug-likeness (QED) is 0.776. The molecule has 0 spiro atoms. The molecular formula is C11H20N2OSSn. The summed E-state index contributed by atoms with van der Waals surface area (Å²) in [6.45, 7) is 4.85. The molecule has 1 aromatic heterocycles. The van der Waals surface area contributed by atoms with Gasteiger partial charge in [0.2, 0.25) is 0 Å². The molecule has 0 atom stereocenters. The van der Waals surface area contributed by atoms with Crippen molar-refractivity contribution >= 4 is 33.4 Å². The number of ether oxygens (including phenoxy) is 1. The Morgan fingerprint density at radius 1 is 1.38 bits per heavy atom. The maximum atomic E-state index is 5.35. The van der Waals surface area contributed by atoms with E-state index < -0.39 is 18.4 Å². The van der Waals surface area contributed by atoms with Crippen molar-refractivity contribution in [2.45, 2.75) is 21.4 Å². The average molecular weight is 347 g/mol. The van der Waals surface area contributed by atoms with E-state index in [-0.39, 0.29) is 0 Å². The van der Waals surface area contributed by atoms with Crippen LogP contribution < -0.4 is 3.71 Å². The first-order chi connectivity index (χ1) is 7.55. The van der Waals surface area contributed by atoms with Crippen molar-refractivity contribution in [1.82, 2.24) is 9.88 Å². The summed E-state index contributed by atoms with van der Waals surface area (Å²) in [6.07, 6.45) is 0. The second-order valence-corrected chi connectivity index (χ2v) is 20.5. The Kier molecular flexibility index (Phi) is 4.26. The van der Waals surface area contributed by atoms with Crippen LogP contribution in [0.3, 0.4) is 0 Å². The molecule has 0 unspecified atom stereocenters. The number of rotatable bonds is 3. The minimum absolute atomic E-state index is 0.872. The van der Waals surface area contributed by atoms with Crippen LogP contribution in [-0.4, -0.2) is 54.6 Å². The zero-order chi connectivity index (χ0) is 11.6. The van der Waals surface area contributed by atoms with E-state index in [1.165, 1.54) is 8.72 Å². The molecular weight excluding hydrogens is 327 g/mol. The van der Waals surface area contributed by atoms with Gasteiger partial charge in [-0.05, 0) is 0 Å². The average Bonchev–Trinajstić information content (AvgIpc) is 2.67. The normalized spacial score (nSPS) is 18.9. The molecule has 1 saturated heterocycles. The van der Waals surface area contributed by atoms with Crippen LogP contribution in [0.15, 0.2) is 5.38 Å². The molecule has 0 saturated carbocycles. The van der Waals surface area contributed by atoms with Crippen molar-refractivity contribution in [1.29, 1.82) is 0 Å². The second kappa shape index (κ2) is 5.33. The number of hydrogen-bond acceptors (Lipinski definition) is 4. The third-order valence-electron chi connectivity index (χ3n) is 2.78. The predicted molar refractivity (Wildman–Crippen MR) is 71.2 cm³/mol. The zero-order valence-electron chi connectivity index (χ0n) is 10.3. The summed E-state index contributed by atoms with van der Waals surface area (Å²) in [6, 6.07) is 0. The molecule has 1 aliphatic heterocycles. The van der Waals surface area contributed by atoms with Gasteiger partial charge in [-0.2, -0.15) is 0 Å². The van der Waals surface area contributed by atoms with Crippen LogP contribution >= 0.6 is 11.3 Å². The first-order valence-corrected chi connectivity index (χ1v) is 16.7. The van der Waals surface area contributed by atoms with E-state index in [9.17, 15) is 0 Å². The molecule has 0 aliphatic carbocycles. The van der Waals surface area contributed by atoms with Gasteiger partial charge in [-0.25, -0.2) is 0 Å². The SMILES string of the molecule is [CH3][Sn]([CH3])([CH3])[c]1csc(CN2CCOCC2)n1. The van der Waals surface area contributed by atoms with E-state index in [1.807, 2.05) is 11.3 Å². The fourth-order valence-electron chi connectivity index (χ4n) is 1.68. The van der Waals surface area contributed by atoms with E-state index in [0.717, 1.165) is 32.8 Å². The Bertz CT molecular complexity index is 342. The Morgan fingerprint density at radius 3 is 2.62 bits per heavy atom. The molecule has 0 bridgehead atoms. The third kappa shape index (κ3) is 3.42. The van der Waals surface area contributed by atoms with Crippen LogP contribution in [0.4, 0.5) is 0 Å². The van der Waals surface area contributed by atoms with E-state index in [0.29, 0.717) is 0 Å². The predicted octanol–water partition coefficient (Wildman–Crippen LogP) is 1.52. The molecule has 5 heteroatoms. The van der Waals surface area contributed by atoms with Gasteiger partial charge in [0.25, 0.3) is 0 Å². The standard InChI is InChI=1S/C8H11N2OS.3CH3.Sn/c1-6-12-8(9-1)7-10-2-4-11-5-3-10;;;;/h6H,2-5,7H2;3*1H3;. The molecule has 1 aromatic rings. The Balaban J connectivity index is 1.97. The van der Waals surface area contributed by atoms with Gasteiger partial charge in [0.15, 0.2) is 0 Å². The number of aromatic nitrogens is 1. The van der Waals surface area contributed by atoms with Gasteiger partial charge in [-0.1, -0.05) is 0 Å². The van der Waals surface area contributed by atoms with E-state index in [4.69, 9.17) is 9.72 Å². The number of morpholine rings is 1. The molecule has 1 aliphatic rings. The van der Waals surface area contributed by atoms with Crippen molar-refractivity contribution in [2.24, 2.45) is 0 Å². The second-order valence-electron chi connectivity index (χ2n) is 5.27. The topological polar surface area (TPSA) is 25.4 Å². The van der Waals surface area contributed by atoms with Gasteiger partial charge in [0.1, 0.15) is 0 Å². The van der Waals surface area contributed by atoms with Crippen molar-refractivity contribution in [2.75, 3.05) is 26.3 Å². The zero-order valence-corrected chi connectivity index (χ0v) is 14.0. The van der Waals surface area contributed by atoms with Crippen molar-refractivity contribution in [3.8, 4) is 0 Å². The molecule has 16 heavy (non-hydrogen) atoms. The molecule has 0 N–H and O–H groups in total. The molecule has 1 fully saturated rings. The Labute approximate surface area is 106 Å². The van der Waals surface area contributed by atoms with Gasteiger partial charge in [0.05, 0.1) is 0 Å². The molecule has 2 rings (SSSR count).